The highest BCUT2D eigenvalue weighted by atomic mass is 16.4. The zero-order valence-electron chi connectivity index (χ0n) is 12.4. The molecule has 0 aliphatic rings. The first kappa shape index (κ1) is 15.1. The molecule has 5 heteroatoms. The van der Waals surface area contributed by atoms with E-state index in [1.807, 2.05) is 24.3 Å². The standard InChI is InChI=1S/C16H20N2O3/c1-16(2,3)15(21)18-13(14(19)20)8-10-9-17-12-7-5-4-6-11(10)12/h4-7,9,13,17H,8H2,1-3H3,(H,18,21)(H,19,20)/p-1/t13-/m1/s1. The molecule has 1 heterocycles. The van der Waals surface area contributed by atoms with Crippen molar-refractivity contribution >= 4 is 22.8 Å². The Kier molecular flexibility index (Phi) is 4.02. The Hall–Kier alpha value is -2.30. The van der Waals surface area contributed by atoms with Crippen LogP contribution in [0.5, 0.6) is 0 Å². The van der Waals surface area contributed by atoms with Crippen LogP contribution in [0.2, 0.25) is 0 Å². The Morgan fingerprint density at radius 3 is 2.57 bits per heavy atom. The SMILES string of the molecule is CC(C)(C)C(=O)N[C@H](Cc1c[nH]c2ccccc12)C(=O)[O-]. The number of fused-ring (bicyclic) bond motifs is 1. The van der Waals surface area contributed by atoms with Gasteiger partial charge >= 0.3 is 0 Å². The van der Waals surface area contributed by atoms with Gasteiger partial charge in [-0.15, -0.1) is 0 Å². The van der Waals surface area contributed by atoms with Crippen LogP contribution >= 0.6 is 0 Å². The fraction of sp³-hybridized carbons (Fsp3) is 0.375. The molecule has 1 aromatic heterocycles. The molecule has 0 saturated carbocycles. The molecular weight excluding hydrogens is 268 g/mol. The number of aliphatic carboxylic acids is 1. The molecule has 0 spiro atoms. The van der Waals surface area contributed by atoms with Gasteiger partial charge in [-0.2, -0.15) is 0 Å². The van der Waals surface area contributed by atoms with Gasteiger partial charge in [0.2, 0.25) is 5.91 Å². The number of nitrogens with one attached hydrogen (secondary N) is 2. The van der Waals surface area contributed by atoms with Gasteiger partial charge in [0.1, 0.15) is 0 Å². The highest BCUT2D eigenvalue weighted by Gasteiger charge is 2.25. The number of aromatic amines is 1. The normalized spacial score (nSPS) is 13.1. The third kappa shape index (κ3) is 3.42. The van der Waals surface area contributed by atoms with E-state index >= 15 is 0 Å². The molecular formula is C16H19N2O3-. The van der Waals surface area contributed by atoms with Crippen LogP contribution in [0.25, 0.3) is 10.9 Å². The fourth-order valence-electron chi connectivity index (χ4n) is 2.09. The second-order valence-electron chi connectivity index (χ2n) is 6.16. The molecule has 112 valence electrons. The molecule has 21 heavy (non-hydrogen) atoms. The van der Waals surface area contributed by atoms with E-state index in [0.29, 0.717) is 0 Å². The largest absolute Gasteiger partial charge is 0.548 e. The second-order valence-corrected chi connectivity index (χ2v) is 6.16. The third-order valence-electron chi connectivity index (χ3n) is 3.37. The lowest BCUT2D eigenvalue weighted by Gasteiger charge is -2.25. The van der Waals surface area contributed by atoms with E-state index in [-0.39, 0.29) is 12.3 Å². The molecule has 2 aromatic rings. The molecule has 2 N–H and O–H groups in total. The van der Waals surface area contributed by atoms with Gasteiger partial charge in [0.25, 0.3) is 0 Å². The van der Waals surface area contributed by atoms with Gasteiger partial charge in [-0.1, -0.05) is 39.0 Å². The number of carbonyl (C=O) groups is 2. The minimum atomic E-state index is -1.28. The Balaban J connectivity index is 2.21. The van der Waals surface area contributed by atoms with Crippen molar-refractivity contribution in [2.45, 2.75) is 33.2 Å². The van der Waals surface area contributed by atoms with Gasteiger partial charge in [-0.05, 0) is 11.6 Å². The van der Waals surface area contributed by atoms with Gasteiger partial charge in [-0.3, -0.25) is 4.79 Å². The number of H-pyrrole nitrogens is 1. The van der Waals surface area contributed by atoms with Crippen molar-refractivity contribution in [1.82, 2.24) is 10.3 Å². The second kappa shape index (κ2) is 5.60. The van der Waals surface area contributed by atoms with Crippen molar-refractivity contribution < 1.29 is 14.7 Å². The lowest BCUT2D eigenvalue weighted by atomic mass is 9.94. The summed E-state index contributed by atoms with van der Waals surface area (Å²) >= 11 is 0. The molecule has 0 radical (unpaired) electrons. The molecule has 1 amide bonds. The topological polar surface area (TPSA) is 85.0 Å². The van der Waals surface area contributed by atoms with Crippen LogP contribution in [0.1, 0.15) is 26.3 Å². The van der Waals surface area contributed by atoms with Crippen molar-refractivity contribution in [3.8, 4) is 0 Å². The fourth-order valence-corrected chi connectivity index (χ4v) is 2.09. The number of hydrogen-bond donors (Lipinski definition) is 2. The summed E-state index contributed by atoms with van der Waals surface area (Å²) < 4.78 is 0. The number of benzene rings is 1. The van der Waals surface area contributed by atoms with Crippen LogP contribution < -0.4 is 10.4 Å². The summed E-state index contributed by atoms with van der Waals surface area (Å²) in [5.41, 5.74) is 1.13. The number of carboxylic acid groups (broad SMARTS) is 1. The van der Waals surface area contributed by atoms with E-state index in [9.17, 15) is 14.7 Å². The average molecular weight is 287 g/mol. The average Bonchev–Trinajstić information content (AvgIpc) is 2.80. The van der Waals surface area contributed by atoms with Gasteiger partial charge in [0, 0.05) is 28.9 Å². The number of carboxylic acids is 1. The zero-order chi connectivity index (χ0) is 15.6. The summed E-state index contributed by atoms with van der Waals surface area (Å²) in [7, 11) is 0. The molecule has 2 rings (SSSR count). The van der Waals surface area contributed by atoms with Crippen molar-refractivity contribution in [3.63, 3.8) is 0 Å². The predicted molar refractivity (Wildman–Crippen MR) is 78.4 cm³/mol. The molecule has 5 nitrogen and oxygen atoms in total. The van der Waals surface area contributed by atoms with E-state index in [2.05, 4.69) is 10.3 Å². The molecule has 0 unspecified atom stereocenters. The highest BCUT2D eigenvalue weighted by Crippen LogP contribution is 2.20. The zero-order valence-corrected chi connectivity index (χ0v) is 12.4. The minimum absolute atomic E-state index is 0.189. The summed E-state index contributed by atoms with van der Waals surface area (Å²) in [6.07, 6.45) is 1.96. The maximum Gasteiger partial charge on any atom is 0.225 e. The summed E-state index contributed by atoms with van der Waals surface area (Å²) in [4.78, 5) is 26.3. The monoisotopic (exact) mass is 287 g/mol. The lowest BCUT2D eigenvalue weighted by Crippen LogP contribution is -2.51. The summed E-state index contributed by atoms with van der Waals surface area (Å²) in [6, 6.07) is 6.58. The first-order chi connectivity index (χ1) is 9.79. The number of hydrogen-bond acceptors (Lipinski definition) is 3. The minimum Gasteiger partial charge on any atom is -0.548 e. The van der Waals surface area contributed by atoms with E-state index in [4.69, 9.17) is 0 Å². The van der Waals surface area contributed by atoms with Crippen molar-refractivity contribution in [2.24, 2.45) is 5.41 Å². The van der Waals surface area contributed by atoms with Crippen molar-refractivity contribution in [2.75, 3.05) is 0 Å². The van der Waals surface area contributed by atoms with Crippen LogP contribution in [-0.4, -0.2) is 22.9 Å². The van der Waals surface area contributed by atoms with Gasteiger partial charge < -0.3 is 20.2 Å². The molecule has 1 atom stereocenters. The smallest absolute Gasteiger partial charge is 0.225 e. The van der Waals surface area contributed by atoms with Crippen LogP contribution in [0.3, 0.4) is 0 Å². The molecule has 0 aliphatic heterocycles. The number of para-hydroxylation sites is 1. The summed E-state index contributed by atoms with van der Waals surface area (Å²) in [5, 5.41) is 14.8. The molecule has 0 fully saturated rings. The highest BCUT2D eigenvalue weighted by molar-refractivity contribution is 5.87. The van der Waals surface area contributed by atoms with Crippen molar-refractivity contribution in [3.05, 3.63) is 36.0 Å². The number of aromatic nitrogens is 1. The quantitative estimate of drug-likeness (QED) is 0.879. The maximum absolute atomic E-state index is 12.0. The summed E-state index contributed by atoms with van der Waals surface area (Å²) in [5.74, 6) is -1.59. The number of amides is 1. The van der Waals surface area contributed by atoms with E-state index in [1.165, 1.54) is 0 Å². The Morgan fingerprint density at radius 2 is 1.95 bits per heavy atom. The van der Waals surface area contributed by atoms with E-state index in [1.54, 1.807) is 27.0 Å². The first-order valence-corrected chi connectivity index (χ1v) is 6.86. The maximum atomic E-state index is 12.0. The lowest BCUT2D eigenvalue weighted by molar-refractivity contribution is -0.308. The Bertz CT molecular complexity index is 667. The Labute approximate surface area is 123 Å². The van der Waals surface area contributed by atoms with Crippen molar-refractivity contribution in [1.29, 1.82) is 0 Å². The number of carbonyl (C=O) groups excluding carboxylic acids is 2. The van der Waals surface area contributed by atoms with Crippen LogP contribution in [0.15, 0.2) is 30.5 Å². The van der Waals surface area contributed by atoms with Crippen LogP contribution in [0, 0.1) is 5.41 Å². The molecule has 0 aliphatic carbocycles. The Morgan fingerprint density at radius 1 is 1.29 bits per heavy atom. The van der Waals surface area contributed by atoms with Gasteiger partial charge in [0.05, 0.1) is 12.0 Å². The molecule has 0 saturated heterocycles. The molecule has 1 aromatic carbocycles. The number of rotatable bonds is 4. The van der Waals surface area contributed by atoms with E-state index in [0.717, 1.165) is 16.5 Å². The molecule has 0 bridgehead atoms. The summed E-state index contributed by atoms with van der Waals surface area (Å²) in [6.45, 7) is 5.21. The van der Waals surface area contributed by atoms with Gasteiger partial charge in [-0.25, -0.2) is 0 Å². The van der Waals surface area contributed by atoms with Crippen LogP contribution in [-0.2, 0) is 16.0 Å². The first-order valence-electron chi connectivity index (χ1n) is 6.86. The third-order valence-corrected chi connectivity index (χ3v) is 3.37. The predicted octanol–water partition coefficient (Wildman–Crippen LogP) is 0.991. The van der Waals surface area contributed by atoms with E-state index < -0.39 is 17.4 Å². The van der Waals surface area contributed by atoms with Crippen LogP contribution in [0.4, 0.5) is 0 Å². The van der Waals surface area contributed by atoms with Gasteiger partial charge in [0.15, 0.2) is 0 Å².